The minimum Gasteiger partial charge on any atom is -0.381 e. The molecule has 0 saturated carbocycles. The second-order valence-corrected chi connectivity index (χ2v) is 2.01. The highest BCUT2D eigenvalue weighted by atomic mass is 16.5. The smallest absolute Gasteiger partial charge is 0.0500 e. The second-order valence-electron chi connectivity index (χ2n) is 2.01. The van der Waals surface area contributed by atoms with Crippen LogP contribution in [0.3, 0.4) is 0 Å². The molecule has 0 bridgehead atoms. The summed E-state index contributed by atoms with van der Waals surface area (Å²) in [5, 5.41) is 0. The Hall–Kier alpha value is -0.300. The summed E-state index contributed by atoms with van der Waals surface area (Å²) >= 11 is 0. The Bertz CT molecular complexity index is 66.5. The molecule has 1 heteroatoms. The normalized spacial score (nSPS) is 22.0. The Labute approximate surface area is 50.3 Å². The van der Waals surface area contributed by atoms with Crippen molar-refractivity contribution in [1.29, 1.82) is 0 Å². The first-order valence-electron chi connectivity index (χ1n) is 3.23. The van der Waals surface area contributed by atoms with E-state index < -0.39 is 0 Å². The Kier molecular flexibility index (Phi) is 2.68. The summed E-state index contributed by atoms with van der Waals surface area (Å²) in [7, 11) is 0. The van der Waals surface area contributed by atoms with Gasteiger partial charge in [0.2, 0.25) is 0 Å². The molecule has 1 rings (SSSR count). The van der Waals surface area contributed by atoms with E-state index in [0.29, 0.717) is 0 Å². The van der Waals surface area contributed by atoms with Crippen LogP contribution in [0, 0.1) is 0 Å². The topological polar surface area (TPSA) is 9.23 Å². The molecule has 0 fully saturated rings. The van der Waals surface area contributed by atoms with Gasteiger partial charge in [0, 0.05) is 6.61 Å². The van der Waals surface area contributed by atoms with E-state index in [2.05, 4.69) is 12.2 Å². The highest BCUT2D eigenvalue weighted by molar-refractivity contribution is 4.82. The van der Waals surface area contributed by atoms with Crippen LogP contribution in [-0.2, 0) is 4.74 Å². The van der Waals surface area contributed by atoms with Crippen LogP contribution in [0.15, 0.2) is 12.2 Å². The zero-order chi connectivity index (χ0) is 5.66. The zero-order valence-corrected chi connectivity index (χ0v) is 5.10. The first-order chi connectivity index (χ1) is 4.00. The molecule has 0 saturated heterocycles. The molecule has 0 atom stereocenters. The van der Waals surface area contributed by atoms with Crippen LogP contribution in [-0.4, -0.2) is 13.2 Å². The summed E-state index contributed by atoms with van der Waals surface area (Å²) < 4.78 is 5.22. The molecule has 1 heterocycles. The fourth-order valence-electron chi connectivity index (χ4n) is 0.792. The minimum absolute atomic E-state index is 0.913. The molecule has 0 aromatic heterocycles. The van der Waals surface area contributed by atoms with Crippen LogP contribution in [0.2, 0.25) is 0 Å². The number of rotatable bonds is 0. The average molecular weight is 112 g/mol. The predicted octanol–water partition coefficient (Wildman–Crippen LogP) is 1.74. The summed E-state index contributed by atoms with van der Waals surface area (Å²) in [4.78, 5) is 0. The van der Waals surface area contributed by atoms with Gasteiger partial charge in [-0.05, 0) is 19.3 Å². The number of allylic oxidation sites excluding steroid dienone is 1. The third-order valence-electron chi connectivity index (χ3n) is 1.25. The van der Waals surface area contributed by atoms with E-state index in [1.807, 2.05) is 0 Å². The van der Waals surface area contributed by atoms with E-state index >= 15 is 0 Å². The fourth-order valence-corrected chi connectivity index (χ4v) is 0.792. The van der Waals surface area contributed by atoms with Gasteiger partial charge in [-0.1, -0.05) is 12.2 Å². The van der Waals surface area contributed by atoms with Crippen molar-refractivity contribution in [1.82, 2.24) is 0 Å². The van der Waals surface area contributed by atoms with Crippen LogP contribution < -0.4 is 0 Å². The monoisotopic (exact) mass is 112 g/mol. The van der Waals surface area contributed by atoms with Gasteiger partial charge in [-0.2, -0.15) is 0 Å². The molecule has 0 aromatic rings. The van der Waals surface area contributed by atoms with Crippen molar-refractivity contribution < 1.29 is 4.74 Å². The van der Waals surface area contributed by atoms with Crippen LogP contribution >= 0.6 is 0 Å². The van der Waals surface area contributed by atoms with E-state index in [1.54, 1.807) is 0 Å². The van der Waals surface area contributed by atoms with Gasteiger partial charge < -0.3 is 4.74 Å². The van der Waals surface area contributed by atoms with E-state index in [1.165, 1.54) is 12.8 Å². The van der Waals surface area contributed by atoms with Gasteiger partial charge in [-0.3, -0.25) is 0 Å². The maximum absolute atomic E-state index is 5.22. The van der Waals surface area contributed by atoms with Gasteiger partial charge in [0.1, 0.15) is 0 Å². The quantitative estimate of drug-likeness (QED) is 0.434. The summed E-state index contributed by atoms with van der Waals surface area (Å²) in [5.41, 5.74) is 0. The molecule has 1 aliphatic heterocycles. The molecule has 0 unspecified atom stereocenters. The maximum atomic E-state index is 5.22. The van der Waals surface area contributed by atoms with Gasteiger partial charge in [-0.15, -0.1) is 0 Å². The van der Waals surface area contributed by atoms with Crippen molar-refractivity contribution in [3.63, 3.8) is 0 Å². The Morgan fingerprint density at radius 2 is 1.88 bits per heavy atom. The number of ether oxygens (including phenoxy) is 1. The molecule has 8 heavy (non-hydrogen) atoms. The van der Waals surface area contributed by atoms with Crippen LogP contribution in [0.4, 0.5) is 0 Å². The summed E-state index contributed by atoms with van der Waals surface area (Å²) in [5.74, 6) is 0. The Balaban J connectivity index is 2.17. The van der Waals surface area contributed by atoms with Crippen LogP contribution in [0.25, 0.3) is 0 Å². The second kappa shape index (κ2) is 3.67. The lowest BCUT2D eigenvalue weighted by molar-refractivity contribution is 0.134. The average Bonchev–Trinajstić information content (AvgIpc) is 1.62. The highest BCUT2D eigenvalue weighted by Gasteiger charge is 1.89. The van der Waals surface area contributed by atoms with E-state index in [-0.39, 0.29) is 0 Å². The van der Waals surface area contributed by atoms with E-state index in [4.69, 9.17) is 4.74 Å². The molecule has 0 N–H and O–H groups in total. The first-order valence-corrected chi connectivity index (χ1v) is 3.23. The molecule has 0 radical (unpaired) electrons. The minimum atomic E-state index is 0.913. The summed E-state index contributed by atoms with van der Waals surface area (Å²) in [6.45, 7) is 1.86. The lowest BCUT2D eigenvalue weighted by atomic mass is 10.2. The summed E-state index contributed by atoms with van der Waals surface area (Å²) in [6, 6.07) is 0. The standard InChI is InChI=1S/C7H12O/c1-2-4-6-8-7-5-3-1/h1-2H,3-7H2. The fraction of sp³-hybridized carbons (Fsp3) is 0.714. The van der Waals surface area contributed by atoms with Crippen molar-refractivity contribution >= 4 is 0 Å². The van der Waals surface area contributed by atoms with Crippen molar-refractivity contribution in [3.05, 3.63) is 12.2 Å². The lowest BCUT2D eigenvalue weighted by Crippen LogP contribution is -1.97. The first kappa shape index (κ1) is 5.83. The zero-order valence-electron chi connectivity index (χ0n) is 5.10. The number of hydrogen-bond donors (Lipinski definition) is 0. The molecule has 0 aromatic carbocycles. The third-order valence-corrected chi connectivity index (χ3v) is 1.25. The van der Waals surface area contributed by atoms with Crippen LogP contribution in [0.5, 0.6) is 0 Å². The largest absolute Gasteiger partial charge is 0.381 e. The molecular formula is C7H12O. The Morgan fingerprint density at radius 3 is 2.88 bits per heavy atom. The SMILES string of the molecule is C1=CCCOCCC1. The van der Waals surface area contributed by atoms with Crippen LogP contribution in [0.1, 0.15) is 19.3 Å². The highest BCUT2D eigenvalue weighted by Crippen LogP contribution is 1.98. The van der Waals surface area contributed by atoms with Crippen molar-refractivity contribution in [2.75, 3.05) is 13.2 Å². The molecule has 0 spiro atoms. The van der Waals surface area contributed by atoms with Crippen molar-refractivity contribution in [2.24, 2.45) is 0 Å². The number of hydrogen-bond acceptors (Lipinski definition) is 1. The van der Waals surface area contributed by atoms with Gasteiger partial charge in [0.15, 0.2) is 0 Å². The van der Waals surface area contributed by atoms with E-state index in [9.17, 15) is 0 Å². The lowest BCUT2D eigenvalue weighted by Gasteiger charge is -2.02. The Morgan fingerprint density at radius 1 is 1.00 bits per heavy atom. The van der Waals surface area contributed by atoms with Gasteiger partial charge in [0.25, 0.3) is 0 Å². The van der Waals surface area contributed by atoms with Gasteiger partial charge >= 0.3 is 0 Å². The summed E-state index contributed by atoms with van der Waals surface area (Å²) in [6.07, 6.45) is 7.91. The van der Waals surface area contributed by atoms with Crippen molar-refractivity contribution in [3.8, 4) is 0 Å². The molecule has 46 valence electrons. The molecule has 1 aliphatic rings. The maximum Gasteiger partial charge on any atom is 0.0500 e. The molecule has 0 aliphatic carbocycles. The molecule has 1 nitrogen and oxygen atoms in total. The van der Waals surface area contributed by atoms with E-state index in [0.717, 1.165) is 19.6 Å². The van der Waals surface area contributed by atoms with Gasteiger partial charge in [-0.25, -0.2) is 0 Å². The third kappa shape index (κ3) is 2.12. The predicted molar refractivity (Wildman–Crippen MR) is 33.8 cm³/mol. The molecular weight excluding hydrogens is 100 g/mol. The molecule has 0 amide bonds. The van der Waals surface area contributed by atoms with Gasteiger partial charge in [0.05, 0.1) is 6.61 Å². The van der Waals surface area contributed by atoms with Crippen molar-refractivity contribution in [2.45, 2.75) is 19.3 Å².